The molecule has 1 unspecified atom stereocenters. The Morgan fingerprint density at radius 3 is 1.97 bits per heavy atom. The molecular weight excluding hydrogens is 436 g/mol. The molecule has 0 aliphatic rings. The van der Waals surface area contributed by atoms with Gasteiger partial charge in [-0.3, -0.25) is 14.8 Å². The summed E-state index contributed by atoms with van der Waals surface area (Å²) in [4.78, 5) is 26.2. The Labute approximate surface area is 184 Å². The molecule has 3 aromatic carbocycles. The van der Waals surface area contributed by atoms with Crippen molar-refractivity contribution in [1.82, 2.24) is 10.8 Å². The Hall–Kier alpha value is -3.14. The van der Waals surface area contributed by atoms with E-state index in [1.807, 2.05) is 30.3 Å². The second-order valence-corrected chi connectivity index (χ2v) is 9.72. The monoisotopic (exact) mass is 456 g/mol. The predicted molar refractivity (Wildman–Crippen MR) is 117 cm³/mol. The van der Waals surface area contributed by atoms with E-state index < -0.39 is 33.4 Å². The van der Waals surface area contributed by atoms with Crippen LogP contribution in [0.15, 0.2) is 99.6 Å². The van der Waals surface area contributed by atoms with Crippen molar-refractivity contribution in [1.29, 1.82) is 0 Å². The Bertz CT molecular complexity index is 1140. The van der Waals surface area contributed by atoms with Crippen LogP contribution in [0, 0.1) is 0 Å². The first-order chi connectivity index (χ1) is 14.9. The van der Waals surface area contributed by atoms with Gasteiger partial charge < -0.3 is 5.32 Å². The van der Waals surface area contributed by atoms with Gasteiger partial charge in [0, 0.05) is 15.4 Å². The van der Waals surface area contributed by atoms with Crippen molar-refractivity contribution in [2.75, 3.05) is 5.75 Å². The van der Waals surface area contributed by atoms with Crippen molar-refractivity contribution >= 4 is 33.4 Å². The molecule has 160 valence electrons. The molecule has 0 spiro atoms. The van der Waals surface area contributed by atoms with Crippen LogP contribution >= 0.6 is 11.8 Å². The summed E-state index contributed by atoms with van der Waals surface area (Å²) in [5.41, 5.74) is 1.67. The number of hydrogen-bond acceptors (Lipinski definition) is 6. The van der Waals surface area contributed by atoms with Gasteiger partial charge in [-0.1, -0.05) is 48.2 Å². The van der Waals surface area contributed by atoms with E-state index in [2.05, 4.69) is 5.32 Å². The molecule has 9 heteroatoms. The first kappa shape index (κ1) is 22.5. The highest BCUT2D eigenvalue weighted by Gasteiger charge is 2.28. The highest BCUT2D eigenvalue weighted by atomic mass is 32.2. The lowest BCUT2D eigenvalue weighted by atomic mass is 10.2. The van der Waals surface area contributed by atoms with Crippen LogP contribution in [0.5, 0.6) is 0 Å². The van der Waals surface area contributed by atoms with Crippen molar-refractivity contribution in [3.63, 3.8) is 0 Å². The maximum absolute atomic E-state index is 12.8. The predicted octanol–water partition coefficient (Wildman–Crippen LogP) is 2.92. The second kappa shape index (κ2) is 10.3. The highest BCUT2D eigenvalue weighted by molar-refractivity contribution is 7.99. The Kier molecular flexibility index (Phi) is 7.45. The van der Waals surface area contributed by atoms with Crippen LogP contribution < -0.4 is 10.8 Å². The maximum atomic E-state index is 12.8. The third-order valence-corrected chi connectivity index (χ3v) is 7.09. The molecule has 0 aliphatic carbocycles. The third-order valence-electron chi connectivity index (χ3n) is 4.32. The lowest BCUT2D eigenvalue weighted by Gasteiger charge is -2.17. The largest absolute Gasteiger partial charge is 0.339 e. The summed E-state index contributed by atoms with van der Waals surface area (Å²) in [6.07, 6.45) is 0. The summed E-state index contributed by atoms with van der Waals surface area (Å²) in [6, 6.07) is 22.5. The van der Waals surface area contributed by atoms with Crippen molar-refractivity contribution in [2.45, 2.75) is 20.7 Å². The van der Waals surface area contributed by atoms with Gasteiger partial charge in [0.25, 0.3) is 11.8 Å². The van der Waals surface area contributed by atoms with Crippen molar-refractivity contribution in [3.05, 3.63) is 90.5 Å². The Morgan fingerprint density at radius 2 is 1.39 bits per heavy atom. The molecule has 3 aromatic rings. The minimum Gasteiger partial charge on any atom is -0.339 e. The summed E-state index contributed by atoms with van der Waals surface area (Å²) in [6.45, 7) is 0. The average molecular weight is 457 g/mol. The Morgan fingerprint density at radius 1 is 0.839 bits per heavy atom. The van der Waals surface area contributed by atoms with E-state index in [0.29, 0.717) is 0 Å². The van der Waals surface area contributed by atoms with Gasteiger partial charge in [-0.15, -0.1) is 0 Å². The Balaban J connectivity index is 1.74. The van der Waals surface area contributed by atoms with Crippen molar-refractivity contribution in [2.24, 2.45) is 0 Å². The van der Waals surface area contributed by atoms with Crippen LogP contribution in [-0.4, -0.2) is 37.2 Å². The molecule has 7 nitrogen and oxygen atoms in total. The van der Waals surface area contributed by atoms with Gasteiger partial charge in [0.2, 0.25) is 0 Å². The van der Waals surface area contributed by atoms with E-state index in [4.69, 9.17) is 5.21 Å². The number of rotatable bonds is 8. The molecule has 0 aliphatic heterocycles. The van der Waals surface area contributed by atoms with Gasteiger partial charge >= 0.3 is 0 Å². The third kappa shape index (κ3) is 6.17. The first-order valence-electron chi connectivity index (χ1n) is 9.24. The fourth-order valence-electron chi connectivity index (χ4n) is 2.75. The zero-order valence-corrected chi connectivity index (χ0v) is 17.9. The fraction of sp³-hybridized carbons (Fsp3) is 0.0909. The molecule has 31 heavy (non-hydrogen) atoms. The quantitative estimate of drug-likeness (QED) is 0.355. The highest BCUT2D eigenvalue weighted by Crippen LogP contribution is 2.28. The van der Waals surface area contributed by atoms with Gasteiger partial charge in [-0.2, -0.15) is 0 Å². The van der Waals surface area contributed by atoms with Crippen LogP contribution in [0.2, 0.25) is 0 Å². The van der Waals surface area contributed by atoms with Crippen LogP contribution in [0.3, 0.4) is 0 Å². The lowest BCUT2D eigenvalue weighted by molar-refractivity contribution is -0.130. The number of hydroxylamine groups is 1. The first-order valence-corrected chi connectivity index (χ1v) is 11.7. The number of nitrogens with one attached hydrogen (secondary N) is 2. The van der Waals surface area contributed by atoms with E-state index in [9.17, 15) is 18.0 Å². The minimum atomic E-state index is -3.93. The molecule has 3 N–H and O–H groups in total. The summed E-state index contributed by atoms with van der Waals surface area (Å²) < 4.78 is 25.7. The van der Waals surface area contributed by atoms with Crippen LogP contribution in [0.25, 0.3) is 0 Å². The number of carbonyl (C=O) groups excluding carboxylic acids is 2. The molecule has 1 atom stereocenters. The smallest absolute Gasteiger partial charge is 0.266 e. The van der Waals surface area contributed by atoms with Gasteiger partial charge in [0.1, 0.15) is 6.04 Å². The SMILES string of the molecule is O=C(NC(CS(=O)(=O)c1ccc(Sc2ccccc2)cc1)C(=O)NO)c1ccccc1. The fourth-order valence-corrected chi connectivity index (χ4v) is 5.00. The van der Waals surface area contributed by atoms with Crippen LogP contribution in [0.1, 0.15) is 10.4 Å². The molecule has 0 bridgehead atoms. The molecule has 0 aromatic heterocycles. The lowest BCUT2D eigenvalue weighted by Crippen LogP contribution is -2.49. The molecule has 0 radical (unpaired) electrons. The summed E-state index contributed by atoms with van der Waals surface area (Å²) in [5, 5.41) is 11.3. The van der Waals surface area contributed by atoms with Gasteiger partial charge in [-0.05, 0) is 48.5 Å². The standard InChI is InChI=1S/C22H20N2O5S2/c25-21(16-7-3-1-4-8-16)23-20(22(26)24-27)15-31(28,29)19-13-11-18(12-14-19)30-17-9-5-2-6-10-17/h1-14,20,27H,15H2,(H,23,25)(H,24,26). The van der Waals surface area contributed by atoms with E-state index in [-0.39, 0.29) is 10.5 Å². The van der Waals surface area contributed by atoms with Crippen LogP contribution in [-0.2, 0) is 14.6 Å². The molecule has 2 amide bonds. The number of hydrogen-bond donors (Lipinski definition) is 3. The molecule has 3 rings (SSSR count). The molecule has 0 saturated heterocycles. The van der Waals surface area contributed by atoms with Crippen LogP contribution in [0.4, 0.5) is 0 Å². The topological polar surface area (TPSA) is 113 Å². The van der Waals surface area contributed by atoms with Gasteiger partial charge in [-0.25, -0.2) is 13.9 Å². The average Bonchev–Trinajstić information content (AvgIpc) is 2.79. The van der Waals surface area contributed by atoms with E-state index in [1.54, 1.807) is 30.3 Å². The maximum Gasteiger partial charge on any atom is 0.266 e. The second-order valence-electron chi connectivity index (χ2n) is 6.54. The number of benzene rings is 3. The molecule has 0 saturated carbocycles. The van der Waals surface area contributed by atoms with E-state index >= 15 is 0 Å². The molecular formula is C22H20N2O5S2. The summed E-state index contributed by atoms with van der Waals surface area (Å²) in [5.74, 6) is -2.36. The van der Waals surface area contributed by atoms with Crippen molar-refractivity contribution in [3.8, 4) is 0 Å². The van der Waals surface area contributed by atoms with Gasteiger partial charge in [0.15, 0.2) is 9.84 Å². The van der Waals surface area contributed by atoms with E-state index in [0.717, 1.165) is 9.79 Å². The number of sulfone groups is 1. The van der Waals surface area contributed by atoms with Gasteiger partial charge in [0.05, 0.1) is 10.6 Å². The minimum absolute atomic E-state index is 0.00890. The zero-order chi connectivity index (χ0) is 22.3. The zero-order valence-electron chi connectivity index (χ0n) is 16.3. The van der Waals surface area contributed by atoms with E-state index in [1.165, 1.54) is 41.5 Å². The molecule has 0 heterocycles. The number of carbonyl (C=O) groups is 2. The number of amides is 2. The summed E-state index contributed by atoms with van der Waals surface area (Å²) >= 11 is 1.49. The molecule has 0 fully saturated rings. The summed E-state index contributed by atoms with van der Waals surface area (Å²) in [7, 11) is -3.93. The normalized spacial score (nSPS) is 12.0. The van der Waals surface area contributed by atoms with Crippen molar-refractivity contribution < 1.29 is 23.2 Å².